The van der Waals surface area contributed by atoms with Crippen molar-refractivity contribution in [1.29, 1.82) is 0 Å². The van der Waals surface area contributed by atoms with Gasteiger partial charge in [0, 0.05) is 23.8 Å². The number of carbonyl (C=O) groups is 4. The Bertz CT molecular complexity index is 735. The number of rotatable bonds is 12. The molecule has 196 valence electrons. The van der Waals surface area contributed by atoms with Crippen LogP contribution in [0.2, 0.25) is 0 Å². The maximum atomic E-state index is 12.8. The number of carboxylic acids is 1. The number of aliphatic carboxylic acids is 1. The molecule has 6 N–H and O–H groups in total. The molecule has 34 heavy (non-hydrogen) atoms. The molecule has 0 radical (unpaired) electrons. The summed E-state index contributed by atoms with van der Waals surface area (Å²) in [5.74, 6) is -2.36. The summed E-state index contributed by atoms with van der Waals surface area (Å²) >= 11 is 1.30. The highest BCUT2D eigenvalue weighted by Crippen LogP contribution is 2.36. The van der Waals surface area contributed by atoms with E-state index in [0.717, 1.165) is 0 Å². The Labute approximate surface area is 204 Å². The van der Waals surface area contributed by atoms with Gasteiger partial charge >= 0.3 is 5.97 Å². The molecule has 0 aliphatic heterocycles. The number of aliphatic hydroxyl groups excluding tert-OH is 1. The van der Waals surface area contributed by atoms with Crippen LogP contribution in [0, 0.1) is 0 Å². The van der Waals surface area contributed by atoms with Gasteiger partial charge in [-0.05, 0) is 48.0 Å². The molecule has 5 atom stereocenters. The van der Waals surface area contributed by atoms with Crippen molar-refractivity contribution < 1.29 is 38.9 Å². The van der Waals surface area contributed by atoms with Gasteiger partial charge in [0.25, 0.3) is 0 Å². The summed E-state index contributed by atoms with van der Waals surface area (Å²) in [7, 11) is 0. The molecular formula is C22H39N3O8S. The molecule has 1 aliphatic rings. The third-order valence-corrected chi connectivity index (χ3v) is 6.13. The fourth-order valence-electron chi connectivity index (χ4n) is 3.30. The standard InChI is InChI=1S/C22H39N3O8S/c1-21(2,3)32-17-14(27)9-15(18(17)33-22(4,5)6)34-10-13(19(29)24-11-26)25-16(28)8-7-12(23)20(30)31/h12-13,15,17-18,26H,7-11,23H2,1-6H3,(H,24,29)(H,25,28)(H,30,31). The van der Waals surface area contributed by atoms with Crippen LogP contribution in [-0.2, 0) is 28.7 Å². The van der Waals surface area contributed by atoms with E-state index in [1.807, 2.05) is 41.5 Å². The van der Waals surface area contributed by atoms with Crippen molar-refractivity contribution in [3.05, 3.63) is 0 Å². The minimum absolute atomic E-state index is 0.0902. The Kier molecular flexibility index (Phi) is 11.4. The van der Waals surface area contributed by atoms with Gasteiger partial charge in [-0.1, -0.05) is 0 Å². The average molecular weight is 506 g/mol. The van der Waals surface area contributed by atoms with Crippen LogP contribution in [0.15, 0.2) is 0 Å². The SMILES string of the molecule is CC(C)(C)OC1C(=O)CC(SCC(NC(=O)CCC(N)C(=O)O)C(=O)NCO)C1OC(C)(C)C. The monoisotopic (exact) mass is 505 g/mol. The van der Waals surface area contributed by atoms with Crippen LogP contribution >= 0.6 is 11.8 Å². The number of hydrogen-bond acceptors (Lipinski definition) is 9. The average Bonchev–Trinajstić information content (AvgIpc) is 2.95. The van der Waals surface area contributed by atoms with Crippen LogP contribution in [0.3, 0.4) is 0 Å². The van der Waals surface area contributed by atoms with E-state index in [4.69, 9.17) is 25.4 Å². The summed E-state index contributed by atoms with van der Waals surface area (Å²) < 4.78 is 12.2. The zero-order chi connectivity index (χ0) is 26.3. The highest BCUT2D eigenvalue weighted by Gasteiger charge is 2.47. The van der Waals surface area contributed by atoms with Crippen LogP contribution in [0.1, 0.15) is 60.8 Å². The number of nitrogens with one attached hydrogen (secondary N) is 2. The van der Waals surface area contributed by atoms with Gasteiger partial charge in [0.15, 0.2) is 5.78 Å². The molecule has 0 aromatic rings. The van der Waals surface area contributed by atoms with Crippen LogP contribution in [0.4, 0.5) is 0 Å². The lowest BCUT2D eigenvalue weighted by Crippen LogP contribution is -2.49. The first-order valence-corrected chi connectivity index (χ1v) is 12.2. The lowest BCUT2D eigenvalue weighted by molar-refractivity contribution is -0.162. The zero-order valence-corrected chi connectivity index (χ0v) is 21.6. The van der Waals surface area contributed by atoms with E-state index >= 15 is 0 Å². The molecule has 0 heterocycles. The van der Waals surface area contributed by atoms with Crippen molar-refractivity contribution in [2.45, 2.75) is 102 Å². The molecule has 11 nitrogen and oxygen atoms in total. The maximum Gasteiger partial charge on any atom is 0.320 e. The summed E-state index contributed by atoms with van der Waals surface area (Å²) in [6.07, 6.45) is -1.40. The number of amides is 2. The van der Waals surface area contributed by atoms with Gasteiger partial charge in [-0.15, -0.1) is 0 Å². The van der Waals surface area contributed by atoms with Gasteiger partial charge in [-0.2, -0.15) is 11.8 Å². The molecule has 0 aromatic heterocycles. The quantitative estimate of drug-likeness (QED) is 0.230. The second-order valence-corrected chi connectivity index (χ2v) is 11.5. The number of hydrogen-bond donors (Lipinski definition) is 5. The number of aliphatic hydroxyl groups is 1. The number of ether oxygens (including phenoxy) is 2. The first-order valence-electron chi connectivity index (χ1n) is 11.2. The van der Waals surface area contributed by atoms with E-state index in [2.05, 4.69) is 10.6 Å². The number of Topliss-reactive ketones (excluding diaryl/α,β-unsaturated/α-hetero) is 1. The fourth-order valence-corrected chi connectivity index (χ4v) is 4.65. The second kappa shape index (κ2) is 12.8. The molecule has 12 heteroatoms. The summed E-state index contributed by atoms with van der Waals surface area (Å²) in [4.78, 5) is 48.3. The molecule has 1 fully saturated rings. The summed E-state index contributed by atoms with van der Waals surface area (Å²) in [5, 5.41) is 22.4. The number of carbonyl (C=O) groups excluding carboxylic acids is 3. The van der Waals surface area contributed by atoms with E-state index < -0.39 is 60.0 Å². The van der Waals surface area contributed by atoms with Crippen molar-refractivity contribution in [2.24, 2.45) is 5.73 Å². The molecule has 0 saturated heterocycles. The Balaban J connectivity index is 2.92. The zero-order valence-electron chi connectivity index (χ0n) is 20.8. The normalized spacial score (nSPS) is 22.8. The van der Waals surface area contributed by atoms with Gasteiger partial charge in [0.05, 0.1) is 11.2 Å². The molecule has 0 spiro atoms. The molecule has 1 saturated carbocycles. The lowest BCUT2D eigenvalue weighted by Gasteiger charge is -2.34. The predicted molar refractivity (Wildman–Crippen MR) is 127 cm³/mol. The maximum absolute atomic E-state index is 12.8. The summed E-state index contributed by atoms with van der Waals surface area (Å²) in [5.41, 5.74) is 4.32. The highest BCUT2D eigenvalue weighted by atomic mass is 32.2. The molecule has 1 rings (SSSR count). The highest BCUT2D eigenvalue weighted by molar-refractivity contribution is 8.00. The smallest absolute Gasteiger partial charge is 0.320 e. The van der Waals surface area contributed by atoms with E-state index in [9.17, 15) is 19.2 Å². The van der Waals surface area contributed by atoms with Gasteiger partial charge in [-0.3, -0.25) is 19.2 Å². The van der Waals surface area contributed by atoms with Gasteiger partial charge in [0.1, 0.15) is 31.0 Å². The Hall–Kier alpha value is -1.73. The van der Waals surface area contributed by atoms with E-state index in [-0.39, 0.29) is 36.0 Å². The van der Waals surface area contributed by atoms with Gasteiger partial charge in [0.2, 0.25) is 11.8 Å². The first kappa shape index (κ1) is 30.3. The predicted octanol–water partition coefficient (Wildman–Crippen LogP) is 0.171. The summed E-state index contributed by atoms with van der Waals surface area (Å²) in [6, 6.07) is -2.21. The van der Waals surface area contributed by atoms with Crippen molar-refractivity contribution >= 4 is 35.3 Å². The number of ketones is 1. The molecular weight excluding hydrogens is 466 g/mol. The molecule has 0 aromatic carbocycles. The van der Waals surface area contributed by atoms with Crippen LogP contribution in [0.25, 0.3) is 0 Å². The minimum atomic E-state index is -1.22. The Morgan fingerprint density at radius 3 is 2.24 bits per heavy atom. The van der Waals surface area contributed by atoms with Crippen molar-refractivity contribution in [2.75, 3.05) is 12.5 Å². The van der Waals surface area contributed by atoms with Crippen molar-refractivity contribution in [3.8, 4) is 0 Å². The number of nitrogens with two attached hydrogens (primary N) is 1. The van der Waals surface area contributed by atoms with E-state index in [0.29, 0.717) is 0 Å². The number of thioether (sulfide) groups is 1. The first-order chi connectivity index (χ1) is 15.5. The molecule has 5 unspecified atom stereocenters. The Morgan fingerprint density at radius 1 is 1.15 bits per heavy atom. The van der Waals surface area contributed by atoms with E-state index in [1.165, 1.54) is 11.8 Å². The molecule has 0 bridgehead atoms. The fraction of sp³-hybridized carbons (Fsp3) is 0.818. The van der Waals surface area contributed by atoms with Crippen LogP contribution in [-0.4, -0.2) is 87.0 Å². The molecule has 2 amide bonds. The van der Waals surface area contributed by atoms with Crippen LogP contribution < -0.4 is 16.4 Å². The van der Waals surface area contributed by atoms with Crippen LogP contribution in [0.5, 0.6) is 0 Å². The van der Waals surface area contributed by atoms with E-state index in [1.54, 1.807) is 0 Å². The third-order valence-electron chi connectivity index (χ3n) is 4.74. The largest absolute Gasteiger partial charge is 0.480 e. The molecule has 1 aliphatic carbocycles. The van der Waals surface area contributed by atoms with Gasteiger partial charge in [-0.25, -0.2) is 0 Å². The van der Waals surface area contributed by atoms with Crippen molar-refractivity contribution in [3.63, 3.8) is 0 Å². The third kappa shape index (κ3) is 10.7. The number of carboxylic acid groups (broad SMARTS) is 1. The Morgan fingerprint density at radius 2 is 1.74 bits per heavy atom. The minimum Gasteiger partial charge on any atom is -0.480 e. The summed E-state index contributed by atoms with van der Waals surface area (Å²) in [6.45, 7) is 10.6. The van der Waals surface area contributed by atoms with Gasteiger partial charge < -0.3 is 36.1 Å². The second-order valence-electron chi connectivity index (χ2n) is 10.2. The lowest BCUT2D eigenvalue weighted by atomic mass is 10.1. The van der Waals surface area contributed by atoms with Crippen molar-refractivity contribution in [1.82, 2.24) is 10.6 Å². The topological polar surface area (TPSA) is 177 Å².